The zero-order chi connectivity index (χ0) is 12.5. The molecule has 94 valence electrons. The Balaban J connectivity index is 1.56. The summed E-state index contributed by atoms with van der Waals surface area (Å²) < 4.78 is 0. The number of aromatic amines is 2. The lowest BCUT2D eigenvalue weighted by molar-refractivity contribution is 0.935. The van der Waals surface area contributed by atoms with Crippen LogP contribution in [0.1, 0.15) is 11.4 Å². The highest BCUT2D eigenvalue weighted by Crippen LogP contribution is 1.92. The van der Waals surface area contributed by atoms with Crippen molar-refractivity contribution in [2.75, 3.05) is 13.1 Å². The summed E-state index contributed by atoms with van der Waals surface area (Å²) in [7, 11) is 0. The molecule has 18 heavy (non-hydrogen) atoms. The number of hydrogen-bond acceptors (Lipinski definition) is 4. The van der Waals surface area contributed by atoms with Crippen LogP contribution >= 0.6 is 0 Å². The topological polar surface area (TPSA) is 82.1 Å². The van der Waals surface area contributed by atoms with E-state index in [1.54, 1.807) is 25.1 Å². The molecule has 0 fully saturated rings. The third kappa shape index (κ3) is 4.32. The first-order chi connectivity index (χ1) is 8.95. The largest absolute Gasteiger partial charge is 0.348 e. The number of nitrogens with one attached hydrogen (secondary N) is 2. The minimum atomic E-state index is 0.745. The molecule has 2 heterocycles. The fourth-order valence-electron chi connectivity index (χ4n) is 1.46. The van der Waals surface area contributed by atoms with E-state index in [1.165, 1.54) is 0 Å². The van der Waals surface area contributed by atoms with Gasteiger partial charge in [-0.05, 0) is 0 Å². The van der Waals surface area contributed by atoms with Gasteiger partial charge < -0.3 is 9.97 Å². The van der Waals surface area contributed by atoms with E-state index in [0.717, 1.165) is 37.3 Å². The van der Waals surface area contributed by atoms with Gasteiger partial charge in [-0.15, -0.1) is 0 Å². The van der Waals surface area contributed by atoms with Gasteiger partial charge in [-0.2, -0.15) is 0 Å². The van der Waals surface area contributed by atoms with Gasteiger partial charge in [0.25, 0.3) is 0 Å². The first kappa shape index (κ1) is 12.2. The summed E-state index contributed by atoms with van der Waals surface area (Å²) in [6.07, 6.45) is 12.2. The maximum absolute atomic E-state index is 4.24. The second-order valence-electron chi connectivity index (χ2n) is 3.76. The summed E-state index contributed by atoms with van der Waals surface area (Å²) in [5, 5.41) is 0. The van der Waals surface area contributed by atoms with Crippen molar-refractivity contribution in [3.63, 3.8) is 0 Å². The van der Waals surface area contributed by atoms with Crippen LogP contribution < -0.4 is 0 Å². The first-order valence-corrected chi connectivity index (χ1v) is 5.88. The number of hydrogen-bond donors (Lipinski definition) is 2. The number of rotatable bonds is 7. The van der Waals surface area contributed by atoms with Crippen molar-refractivity contribution in [1.82, 2.24) is 19.9 Å². The van der Waals surface area contributed by atoms with Gasteiger partial charge in [-0.3, -0.25) is 9.98 Å². The van der Waals surface area contributed by atoms with E-state index in [1.807, 2.05) is 12.4 Å². The molecular weight excluding hydrogens is 228 g/mol. The molecule has 2 aromatic rings. The average molecular weight is 244 g/mol. The van der Waals surface area contributed by atoms with Gasteiger partial charge in [0.2, 0.25) is 0 Å². The summed E-state index contributed by atoms with van der Waals surface area (Å²) in [5.74, 6) is 0. The summed E-state index contributed by atoms with van der Waals surface area (Å²) in [6, 6.07) is 0. The van der Waals surface area contributed by atoms with E-state index in [4.69, 9.17) is 0 Å². The molecule has 0 aliphatic rings. The van der Waals surface area contributed by atoms with Crippen LogP contribution in [0.25, 0.3) is 0 Å². The SMILES string of the molecule is C(C=NCCc1cnc[nH]1)=NCCc1cnc[nH]1. The van der Waals surface area contributed by atoms with Crippen LogP contribution in [0.5, 0.6) is 0 Å². The van der Waals surface area contributed by atoms with Crippen LogP contribution in [0.2, 0.25) is 0 Å². The van der Waals surface area contributed by atoms with Gasteiger partial charge in [0.1, 0.15) is 0 Å². The third-order valence-corrected chi connectivity index (χ3v) is 2.41. The highest BCUT2D eigenvalue weighted by Gasteiger charge is 1.91. The number of aromatic nitrogens is 4. The second kappa shape index (κ2) is 7.16. The number of aliphatic imine (C=N–C) groups is 2. The molecule has 2 N–H and O–H groups in total. The Hall–Kier alpha value is -2.24. The van der Waals surface area contributed by atoms with E-state index < -0.39 is 0 Å². The molecule has 2 rings (SSSR count). The van der Waals surface area contributed by atoms with Crippen molar-refractivity contribution < 1.29 is 0 Å². The molecule has 6 nitrogen and oxygen atoms in total. The van der Waals surface area contributed by atoms with Gasteiger partial charge >= 0.3 is 0 Å². The molecule has 0 bridgehead atoms. The van der Waals surface area contributed by atoms with Gasteiger partial charge in [-0.1, -0.05) is 0 Å². The molecule has 0 aromatic carbocycles. The molecule has 2 aromatic heterocycles. The lowest BCUT2D eigenvalue weighted by Gasteiger charge is -1.91. The van der Waals surface area contributed by atoms with Gasteiger partial charge in [0.05, 0.1) is 12.7 Å². The maximum atomic E-state index is 4.24. The Morgan fingerprint density at radius 2 is 1.39 bits per heavy atom. The molecule has 0 aliphatic heterocycles. The van der Waals surface area contributed by atoms with E-state index in [0.29, 0.717) is 0 Å². The molecule has 0 unspecified atom stereocenters. The highest BCUT2D eigenvalue weighted by molar-refractivity contribution is 6.15. The zero-order valence-electron chi connectivity index (χ0n) is 10.1. The molecule has 0 atom stereocenters. The number of imidazole rings is 2. The van der Waals surface area contributed by atoms with Crippen molar-refractivity contribution in [2.24, 2.45) is 9.98 Å². The molecular formula is C12H16N6. The predicted molar refractivity (Wildman–Crippen MR) is 71.3 cm³/mol. The van der Waals surface area contributed by atoms with Crippen LogP contribution in [0.4, 0.5) is 0 Å². The zero-order valence-corrected chi connectivity index (χ0v) is 10.1. The molecule has 0 saturated carbocycles. The van der Waals surface area contributed by atoms with Crippen molar-refractivity contribution in [2.45, 2.75) is 12.8 Å². The number of H-pyrrole nitrogens is 2. The first-order valence-electron chi connectivity index (χ1n) is 5.88. The molecule has 0 amide bonds. The van der Waals surface area contributed by atoms with E-state index in [-0.39, 0.29) is 0 Å². The summed E-state index contributed by atoms with van der Waals surface area (Å²) in [6.45, 7) is 1.49. The van der Waals surface area contributed by atoms with Crippen LogP contribution in [0.15, 0.2) is 35.0 Å². The Morgan fingerprint density at radius 3 is 1.78 bits per heavy atom. The minimum Gasteiger partial charge on any atom is -0.348 e. The fourth-order valence-corrected chi connectivity index (χ4v) is 1.46. The summed E-state index contributed by atoms with van der Waals surface area (Å²) >= 11 is 0. The standard InChI is InChI=1S/C12H16N6/c1(11-7-15-9-17-11)3-13-5-6-14-4-2-12-8-16-10-18-12/h5-10H,1-4H2,(H,15,17)(H,16,18). The molecule has 0 spiro atoms. The lowest BCUT2D eigenvalue weighted by Crippen LogP contribution is -1.92. The van der Waals surface area contributed by atoms with Crippen LogP contribution in [-0.4, -0.2) is 45.5 Å². The summed E-state index contributed by atoms with van der Waals surface area (Å²) in [5.41, 5.74) is 2.20. The van der Waals surface area contributed by atoms with Gasteiger partial charge in [-0.25, -0.2) is 9.97 Å². The minimum absolute atomic E-state index is 0.745. The van der Waals surface area contributed by atoms with Gasteiger partial charge in [0, 0.05) is 62.1 Å². The smallest absolute Gasteiger partial charge is 0.0921 e. The third-order valence-electron chi connectivity index (χ3n) is 2.41. The Labute approximate surface area is 105 Å². The van der Waals surface area contributed by atoms with E-state index >= 15 is 0 Å². The quantitative estimate of drug-likeness (QED) is 0.714. The Kier molecular flexibility index (Phi) is 4.86. The highest BCUT2D eigenvalue weighted by atomic mass is 14.9. The normalized spacial score (nSPS) is 11.8. The summed E-state index contributed by atoms with van der Waals surface area (Å²) in [4.78, 5) is 22.4. The molecule has 0 aliphatic carbocycles. The monoisotopic (exact) mass is 244 g/mol. The fraction of sp³-hybridized carbons (Fsp3) is 0.333. The molecule has 0 saturated heterocycles. The molecule has 0 radical (unpaired) electrons. The maximum Gasteiger partial charge on any atom is 0.0921 e. The van der Waals surface area contributed by atoms with Gasteiger partial charge in [0.15, 0.2) is 0 Å². The van der Waals surface area contributed by atoms with Crippen LogP contribution in [0.3, 0.4) is 0 Å². The predicted octanol–water partition coefficient (Wildman–Crippen LogP) is 1.06. The Bertz CT molecular complexity index is 422. The van der Waals surface area contributed by atoms with E-state index in [2.05, 4.69) is 29.9 Å². The second-order valence-corrected chi connectivity index (χ2v) is 3.76. The average Bonchev–Trinajstić information content (AvgIpc) is 3.05. The molecule has 6 heteroatoms. The van der Waals surface area contributed by atoms with Crippen molar-refractivity contribution in [3.05, 3.63) is 36.4 Å². The van der Waals surface area contributed by atoms with Crippen molar-refractivity contribution in [1.29, 1.82) is 0 Å². The van der Waals surface area contributed by atoms with Crippen molar-refractivity contribution in [3.8, 4) is 0 Å². The Morgan fingerprint density at radius 1 is 0.889 bits per heavy atom. The van der Waals surface area contributed by atoms with Crippen LogP contribution in [0, 0.1) is 0 Å². The number of nitrogens with zero attached hydrogens (tertiary/aromatic N) is 4. The lowest BCUT2D eigenvalue weighted by atomic mass is 10.3. The van der Waals surface area contributed by atoms with Crippen LogP contribution in [-0.2, 0) is 12.8 Å². The van der Waals surface area contributed by atoms with Crippen molar-refractivity contribution >= 4 is 12.4 Å². The van der Waals surface area contributed by atoms with E-state index in [9.17, 15) is 0 Å².